The number of rotatable bonds is 5. The van der Waals surface area contributed by atoms with E-state index in [1.165, 1.54) is 25.3 Å². The van der Waals surface area contributed by atoms with Crippen LogP contribution in [0, 0.1) is 12.3 Å². The van der Waals surface area contributed by atoms with Gasteiger partial charge in [-0.05, 0) is 57.9 Å². The first-order valence-electron chi connectivity index (χ1n) is 8.46. The lowest BCUT2D eigenvalue weighted by atomic mass is 10.1. The zero-order valence-corrected chi connectivity index (χ0v) is 17.9. The minimum atomic E-state index is -0.860. The quantitative estimate of drug-likeness (QED) is 0.392. The molecule has 3 rings (SSSR count). The third-order valence-corrected chi connectivity index (χ3v) is 4.85. The van der Waals surface area contributed by atoms with Crippen LogP contribution in [0.25, 0.3) is 6.08 Å². The van der Waals surface area contributed by atoms with E-state index in [4.69, 9.17) is 27.5 Å². The number of benzene rings is 2. The summed E-state index contributed by atoms with van der Waals surface area (Å²) in [4.78, 5) is 38.4. The Balaban J connectivity index is 2.02. The van der Waals surface area contributed by atoms with E-state index in [9.17, 15) is 14.4 Å². The van der Waals surface area contributed by atoms with Crippen molar-refractivity contribution in [3.05, 3.63) is 57.0 Å². The Labute approximate surface area is 185 Å². The third kappa shape index (κ3) is 4.32. The predicted molar refractivity (Wildman–Crippen MR) is 115 cm³/mol. The SMILES string of the molecule is C#CCOc1c(Br)cc(/C=C2\C(=O)NC(=O)N(c3cccc(Cl)c3)C2=O)cc1OC. The molecule has 0 aromatic heterocycles. The van der Waals surface area contributed by atoms with Crippen molar-refractivity contribution in [3.63, 3.8) is 0 Å². The molecule has 4 amide bonds. The van der Waals surface area contributed by atoms with Crippen LogP contribution in [0.1, 0.15) is 5.56 Å². The standard InChI is InChI=1S/C21H14BrClN2O5/c1-3-7-30-18-16(22)9-12(10-17(18)29-2)8-15-19(26)24-21(28)25(20(15)27)14-6-4-5-13(23)11-14/h1,4-6,8-11H,7H2,2H3,(H,24,26,28)/b15-8+. The number of carbonyl (C=O) groups is 3. The van der Waals surface area contributed by atoms with Gasteiger partial charge in [0, 0.05) is 5.02 Å². The van der Waals surface area contributed by atoms with Gasteiger partial charge in [0.15, 0.2) is 11.5 Å². The van der Waals surface area contributed by atoms with Gasteiger partial charge in [-0.3, -0.25) is 14.9 Å². The second-order valence-corrected chi connectivity index (χ2v) is 7.26. The van der Waals surface area contributed by atoms with Gasteiger partial charge in [-0.25, -0.2) is 9.69 Å². The fourth-order valence-electron chi connectivity index (χ4n) is 2.75. The smallest absolute Gasteiger partial charge is 0.335 e. The van der Waals surface area contributed by atoms with Crippen molar-refractivity contribution < 1.29 is 23.9 Å². The van der Waals surface area contributed by atoms with Gasteiger partial charge in [-0.2, -0.15) is 0 Å². The molecule has 0 saturated carbocycles. The largest absolute Gasteiger partial charge is 0.493 e. The highest BCUT2D eigenvalue weighted by atomic mass is 79.9. The van der Waals surface area contributed by atoms with Crippen molar-refractivity contribution in [2.75, 3.05) is 18.6 Å². The first-order chi connectivity index (χ1) is 14.3. The number of anilines is 1. The molecule has 7 nitrogen and oxygen atoms in total. The van der Waals surface area contributed by atoms with E-state index in [0.29, 0.717) is 26.6 Å². The molecule has 152 valence electrons. The van der Waals surface area contributed by atoms with Crippen molar-refractivity contribution in [2.45, 2.75) is 0 Å². The Morgan fingerprint density at radius 2 is 2.03 bits per heavy atom. The van der Waals surface area contributed by atoms with Crippen molar-refractivity contribution in [1.82, 2.24) is 5.32 Å². The molecular formula is C21H14BrClN2O5. The first-order valence-corrected chi connectivity index (χ1v) is 9.63. The van der Waals surface area contributed by atoms with Crippen LogP contribution in [-0.2, 0) is 9.59 Å². The highest BCUT2D eigenvalue weighted by molar-refractivity contribution is 9.10. The number of terminal acetylenes is 1. The van der Waals surface area contributed by atoms with Crippen LogP contribution < -0.4 is 19.7 Å². The molecule has 0 aliphatic carbocycles. The van der Waals surface area contributed by atoms with Crippen LogP contribution in [0.5, 0.6) is 11.5 Å². The topological polar surface area (TPSA) is 84.9 Å². The van der Waals surface area contributed by atoms with Crippen LogP contribution in [-0.4, -0.2) is 31.6 Å². The van der Waals surface area contributed by atoms with E-state index in [-0.39, 0.29) is 17.9 Å². The average molecular weight is 490 g/mol. The highest BCUT2D eigenvalue weighted by Crippen LogP contribution is 2.37. The zero-order valence-electron chi connectivity index (χ0n) is 15.6. The van der Waals surface area contributed by atoms with E-state index in [0.717, 1.165) is 4.90 Å². The fourth-order valence-corrected chi connectivity index (χ4v) is 3.51. The van der Waals surface area contributed by atoms with Gasteiger partial charge >= 0.3 is 6.03 Å². The lowest BCUT2D eigenvalue weighted by Crippen LogP contribution is -2.54. The van der Waals surface area contributed by atoms with E-state index >= 15 is 0 Å². The Kier molecular flexibility index (Phi) is 6.45. The number of halogens is 2. The molecule has 1 saturated heterocycles. The van der Waals surface area contributed by atoms with Gasteiger partial charge in [-0.1, -0.05) is 23.6 Å². The molecule has 2 aromatic rings. The summed E-state index contributed by atoms with van der Waals surface area (Å²) >= 11 is 9.32. The summed E-state index contributed by atoms with van der Waals surface area (Å²) in [7, 11) is 1.44. The maximum absolute atomic E-state index is 13.0. The van der Waals surface area contributed by atoms with Crippen molar-refractivity contribution in [1.29, 1.82) is 0 Å². The predicted octanol–water partition coefficient (Wildman–Crippen LogP) is 3.79. The number of imide groups is 2. The second-order valence-electron chi connectivity index (χ2n) is 5.96. The molecule has 0 bridgehead atoms. The highest BCUT2D eigenvalue weighted by Gasteiger charge is 2.37. The van der Waals surface area contributed by atoms with Gasteiger partial charge < -0.3 is 9.47 Å². The van der Waals surface area contributed by atoms with Gasteiger partial charge in [0.05, 0.1) is 17.3 Å². The summed E-state index contributed by atoms with van der Waals surface area (Å²) < 4.78 is 11.3. The summed E-state index contributed by atoms with van der Waals surface area (Å²) in [5.41, 5.74) is 0.465. The summed E-state index contributed by atoms with van der Waals surface area (Å²) in [6, 6.07) is 8.52. The second kappa shape index (κ2) is 9.03. The number of carbonyl (C=O) groups excluding carboxylic acids is 3. The molecule has 1 aliphatic rings. The summed E-state index contributed by atoms with van der Waals surface area (Å²) in [5, 5.41) is 2.50. The minimum absolute atomic E-state index is 0.0347. The van der Waals surface area contributed by atoms with Crippen LogP contribution in [0.3, 0.4) is 0 Å². The Hall–Kier alpha value is -3.28. The third-order valence-electron chi connectivity index (χ3n) is 4.03. The monoisotopic (exact) mass is 488 g/mol. The summed E-state index contributed by atoms with van der Waals surface area (Å²) in [5.74, 6) is 1.49. The van der Waals surface area contributed by atoms with E-state index < -0.39 is 17.8 Å². The molecule has 1 N–H and O–H groups in total. The zero-order chi connectivity index (χ0) is 21.8. The number of urea groups is 1. The molecule has 0 atom stereocenters. The van der Waals surface area contributed by atoms with Gasteiger partial charge in [0.1, 0.15) is 12.2 Å². The Morgan fingerprint density at radius 1 is 1.27 bits per heavy atom. The van der Waals surface area contributed by atoms with Crippen LogP contribution in [0.15, 0.2) is 46.4 Å². The summed E-state index contributed by atoms with van der Waals surface area (Å²) in [6.07, 6.45) is 6.57. The van der Waals surface area contributed by atoms with Gasteiger partial charge in [0.25, 0.3) is 11.8 Å². The van der Waals surface area contributed by atoms with Crippen LogP contribution in [0.4, 0.5) is 10.5 Å². The number of barbiturate groups is 1. The average Bonchev–Trinajstić information content (AvgIpc) is 2.70. The van der Waals surface area contributed by atoms with Crippen molar-refractivity contribution in [3.8, 4) is 23.8 Å². The normalized spacial score (nSPS) is 15.1. The van der Waals surface area contributed by atoms with Crippen molar-refractivity contribution in [2.24, 2.45) is 0 Å². The molecule has 9 heteroatoms. The molecule has 0 unspecified atom stereocenters. The lowest BCUT2D eigenvalue weighted by Gasteiger charge is -2.26. The molecule has 1 heterocycles. The maximum Gasteiger partial charge on any atom is 0.335 e. The van der Waals surface area contributed by atoms with Crippen LogP contribution >= 0.6 is 27.5 Å². The molecule has 1 aliphatic heterocycles. The molecule has 30 heavy (non-hydrogen) atoms. The number of amides is 4. The molecular weight excluding hydrogens is 476 g/mol. The Morgan fingerprint density at radius 3 is 2.70 bits per heavy atom. The number of nitrogens with zero attached hydrogens (tertiary/aromatic N) is 1. The summed E-state index contributed by atoms with van der Waals surface area (Å²) in [6.45, 7) is 0.0347. The first kappa shape index (κ1) is 21.4. The van der Waals surface area contributed by atoms with E-state index in [1.807, 2.05) is 0 Å². The number of hydrogen-bond donors (Lipinski definition) is 1. The van der Waals surface area contributed by atoms with Gasteiger partial charge in [0.2, 0.25) is 0 Å². The number of nitrogens with one attached hydrogen (secondary N) is 1. The number of hydrogen-bond acceptors (Lipinski definition) is 5. The van der Waals surface area contributed by atoms with Crippen LogP contribution in [0.2, 0.25) is 5.02 Å². The van der Waals surface area contributed by atoms with E-state index in [1.54, 1.807) is 24.3 Å². The molecule has 1 fully saturated rings. The number of methoxy groups -OCH3 is 1. The van der Waals surface area contributed by atoms with Gasteiger partial charge in [-0.15, -0.1) is 6.42 Å². The molecule has 2 aromatic carbocycles. The number of ether oxygens (including phenoxy) is 2. The van der Waals surface area contributed by atoms with Crippen molar-refractivity contribution >= 4 is 57.1 Å². The minimum Gasteiger partial charge on any atom is -0.493 e. The molecule has 0 radical (unpaired) electrons. The Bertz CT molecular complexity index is 1120. The fraction of sp³-hybridized carbons (Fsp3) is 0.0952. The van der Waals surface area contributed by atoms with E-state index in [2.05, 4.69) is 27.2 Å². The maximum atomic E-state index is 13.0. The lowest BCUT2D eigenvalue weighted by molar-refractivity contribution is -0.122. The molecule has 0 spiro atoms.